The number of hydrazone groups is 1. The lowest BCUT2D eigenvalue weighted by Crippen LogP contribution is -2.34. The van der Waals surface area contributed by atoms with Crippen molar-refractivity contribution in [3.63, 3.8) is 0 Å². The fourth-order valence-electron chi connectivity index (χ4n) is 2.43. The van der Waals surface area contributed by atoms with Gasteiger partial charge in [0.05, 0.1) is 33.1 Å². The van der Waals surface area contributed by atoms with Crippen LogP contribution in [-0.4, -0.2) is 44.9 Å². The number of carbonyl (C=O) groups excluding carboxylic acids is 2. The van der Waals surface area contributed by atoms with Gasteiger partial charge in [-0.2, -0.15) is 5.10 Å². The summed E-state index contributed by atoms with van der Waals surface area (Å²) >= 11 is 6.01. The number of nitrogens with one attached hydrogen (secondary N) is 2. The van der Waals surface area contributed by atoms with Crippen molar-refractivity contribution in [1.82, 2.24) is 10.7 Å². The molecule has 2 aromatic carbocycles. The maximum atomic E-state index is 12.2. The summed E-state index contributed by atoms with van der Waals surface area (Å²) in [4.78, 5) is 24.2. The van der Waals surface area contributed by atoms with E-state index in [9.17, 15) is 9.59 Å². The van der Waals surface area contributed by atoms with E-state index in [1.807, 2.05) is 13.8 Å². The second-order valence-electron chi connectivity index (χ2n) is 6.39. The molecule has 0 fully saturated rings. The number of methoxy groups -OCH3 is 2. The van der Waals surface area contributed by atoms with Crippen molar-refractivity contribution in [2.24, 2.45) is 5.10 Å². The van der Waals surface area contributed by atoms with Crippen molar-refractivity contribution in [2.45, 2.75) is 20.0 Å². The van der Waals surface area contributed by atoms with Gasteiger partial charge in [-0.25, -0.2) is 5.43 Å². The van der Waals surface area contributed by atoms with Crippen LogP contribution in [0, 0.1) is 0 Å². The number of ether oxygens (including phenoxy) is 3. The standard InChI is InChI=1S/C21H24ClN3O5/c1-13(2)30-17-8-6-16(22)9-15(17)11-24-25-20(26)12-23-21(27)14-5-7-18(28-3)19(10-14)29-4/h5-11,13H,12H2,1-4H3,(H,23,27)(H,25,26)/b24-11-. The Kier molecular flexibility index (Phi) is 8.49. The van der Waals surface area contributed by atoms with Crippen molar-refractivity contribution in [3.05, 3.63) is 52.5 Å². The Morgan fingerprint density at radius 2 is 1.77 bits per heavy atom. The van der Waals surface area contributed by atoms with E-state index in [1.54, 1.807) is 30.3 Å². The maximum absolute atomic E-state index is 12.2. The lowest BCUT2D eigenvalue weighted by atomic mass is 10.2. The van der Waals surface area contributed by atoms with Crippen molar-refractivity contribution in [2.75, 3.05) is 20.8 Å². The molecule has 0 saturated carbocycles. The van der Waals surface area contributed by atoms with E-state index in [4.69, 9.17) is 25.8 Å². The SMILES string of the molecule is COc1ccc(C(=O)NCC(=O)N/N=C\c2cc(Cl)ccc2OC(C)C)cc1OC. The summed E-state index contributed by atoms with van der Waals surface area (Å²) < 4.78 is 16.0. The smallest absolute Gasteiger partial charge is 0.259 e. The van der Waals surface area contributed by atoms with Crippen LogP contribution in [0.15, 0.2) is 41.5 Å². The molecule has 2 aromatic rings. The Hall–Kier alpha value is -3.26. The number of amides is 2. The number of halogens is 1. The van der Waals surface area contributed by atoms with Crippen LogP contribution in [-0.2, 0) is 4.79 Å². The third-order valence-electron chi connectivity index (χ3n) is 3.78. The normalized spacial score (nSPS) is 10.7. The van der Waals surface area contributed by atoms with E-state index in [0.29, 0.717) is 33.4 Å². The zero-order chi connectivity index (χ0) is 22.1. The Labute approximate surface area is 180 Å². The van der Waals surface area contributed by atoms with Gasteiger partial charge in [0.1, 0.15) is 5.75 Å². The summed E-state index contributed by atoms with van der Waals surface area (Å²) in [5.74, 6) is 0.586. The zero-order valence-corrected chi connectivity index (χ0v) is 17.9. The van der Waals surface area contributed by atoms with Crippen molar-refractivity contribution < 1.29 is 23.8 Å². The number of hydrogen-bond acceptors (Lipinski definition) is 6. The molecule has 0 atom stereocenters. The van der Waals surface area contributed by atoms with E-state index in [0.717, 1.165) is 0 Å². The predicted octanol–water partition coefficient (Wildman–Crippen LogP) is 3.02. The third kappa shape index (κ3) is 6.66. The Morgan fingerprint density at radius 3 is 2.43 bits per heavy atom. The molecule has 0 bridgehead atoms. The van der Waals surface area contributed by atoms with Gasteiger partial charge in [0.15, 0.2) is 11.5 Å². The molecule has 0 spiro atoms. The summed E-state index contributed by atoms with van der Waals surface area (Å²) in [5, 5.41) is 6.93. The van der Waals surface area contributed by atoms with E-state index in [-0.39, 0.29) is 12.6 Å². The minimum Gasteiger partial charge on any atom is -0.493 e. The second-order valence-corrected chi connectivity index (χ2v) is 6.83. The minimum absolute atomic E-state index is 0.0280. The fourth-order valence-corrected chi connectivity index (χ4v) is 2.62. The van der Waals surface area contributed by atoms with E-state index in [2.05, 4.69) is 15.8 Å². The lowest BCUT2D eigenvalue weighted by molar-refractivity contribution is -0.120. The molecule has 0 unspecified atom stereocenters. The highest BCUT2D eigenvalue weighted by molar-refractivity contribution is 6.30. The number of hydrogen-bond donors (Lipinski definition) is 2. The van der Waals surface area contributed by atoms with E-state index < -0.39 is 11.8 Å². The number of rotatable bonds is 9. The zero-order valence-electron chi connectivity index (χ0n) is 17.2. The van der Waals surface area contributed by atoms with Gasteiger partial charge < -0.3 is 19.5 Å². The predicted molar refractivity (Wildman–Crippen MR) is 115 cm³/mol. The number of benzene rings is 2. The number of carbonyl (C=O) groups is 2. The minimum atomic E-state index is -0.492. The van der Waals surface area contributed by atoms with Crippen LogP contribution in [0.4, 0.5) is 0 Å². The van der Waals surface area contributed by atoms with Crippen LogP contribution in [0.3, 0.4) is 0 Å². The van der Waals surface area contributed by atoms with Crippen LogP contribution < -0.4 is 25.0 Å². The molecule has 30 heavy (non-hydrogen) atoms. The highest BCUT2D eigenvalue weighted by atomic mass is 35.5. The second kappa shape index (κ2) is 11.1. The third-order valence-corrected chi connectivity index (χ3v) is 4.02. The monoisotopic (exact) mass is 433 g/mol. The molecule has 9 heteroatoms. The molecule has 2 amide bonds. The van der Waals surface area contributed by atoms with Crippen molar-refractivity contribution >= 4 is 29.6 Å². The molecule has 2 N–H and O–H groups in total. The van der Waals surface area contributed by atoms with E-state index in [1.165, 1.54) is 26.5 Å². The average molecular weight is 434 g/mol. The topological polar surface area (TPSA) is 98.2 Å². The lowest BCUT2D eigenvalue weighted by Gasteiger charge is -2.12. The molecule has 160 valence electrons. The van der Waals surface area contributed by atoms with Crippen molar-refractivity contribution in [3.8, 4) is 17.2 Å². The van der Waals surface area contributed by atoms with Gasteiger partial charge in [-0.15, -0.1) is 0 Å². The maximum Gasteiger partial charge on any atom is 0.259 e. The highest BCUT2D eigenvalue weighted by Gasteiger charge is 2.12. The first kappa shape index (κ1) is 23.0. The Balaban J connectivity index is 1.92. The largest absolute Gasteiger partial charge is 0.493 e. The van der Waals surface area contributed by atoms with Gasteiger partial charge in [0.2, 0.25) is 0 Å². The molecule has 0 heterocycles. The molecule has 0 aliphatic rings. The first-order valence-electron chi connectivity index (χ1n) is 9.12. The molecular weight excluding hydrogens is 410 g/mol. The molecule has 0 aliphatic carbocycles. The van der Waals surface area contributed by atoms with Gasteiger partial charge in [0.25, 0.3) is 11.8 Å². The molecule has 2 rings (SSSR count). The molecule has 0 aromatic heterocycles. The quantitative estimate of drug-likeness (QED) is 0.468. The van der Waals surface area contributed by atoms with Crippen molar-refractivity contribution in [1.29, 1.82) is 0 Å². The van der Waals surface area contributed by atoms with Crippen LogP contribution in [0.2, 0.25) is 5.02 Å². The van der Waals surface area contributed by atoms with Crippen LogP contribution >= 0.6 is 11.6 Å². The van der Waals surface area contributed by atoms with Gasteiger partial charge >= 0.3 is 0 Å². The molecule has 0 aliphatic heterocycles. The van der Waals surface area contributed by atoms with Gasteiger partial charge in [-0.3, -0.25) is 9.59 Å². The molecule has 8 nitrogen and oxygen atoms in total. The summed E-state index contributed by atoms with van der Waals surface area (Å²) in [6.45, 7) is 3.55. The van der Waals surface area contributed by atoms with Gasteiger partial charge in [-0.05, 0) is 50.2 Å². The summed E-state index contributed by atoms with van der Waals surface area (Å²) in [7, 11) is 2.98. The molecular formula is C21H24ClN3O5. The number of nitrogens with zero attached hydrogens (tertiary/aromatic N) is 1. The summed E-state index contributed by atoms with van der Waals surface area (Å²) in [6, 6.07) is 9.82. The van der Waals surface area contributed by atoms with E-state index >= 15 is 0 Å². The first-order chi connectivity index (χ1) is 14.3. The average Bonchev–Trinajstić information content (AvgIpc) is 2.73. The first-order valence-corrected chi connectivity index (χ1v) is 9.50. The summed E-state index contributed by atoms with van der Waals surface area (Å²) in [6.07, 6.45) is 1.40. The Bertz CT molecular complexity index is 931. The van der Waals surface area contributed by atoms with Crippen LogP contribution in [0.5, 0.6) is 17.2 Å². The van der Waals surface area contributed by atoms with Gasteiger partial charge in [0, 0.05) is 16.1 Å². The summed E-state index contributed by atoms with van der Waals surface area (Å²) in [5.41, 5.74) is 3.30. The molecule has 0 saturated heterocycles. The van der Waals surface area contributed by atoms with Gasteiger partial charge in [-0.1, -0.05) is 11.6 Å². The Morgan fingerprint density at radius 1 is 1.07 bits per heavy atom. The van der Waals surface area contributed by atoms with Crippen LogP contribution in [0.1, 0.15) is 29.8 Å². The molecule has 0 radical (unpaired) electrons. The fraction of sp³-hybridized carbons (Fsp3) is 0.286. The highest BCUT2D eigenvalue weighted by Crippen LogP contribution is 2.27. The van der Waals surface area contributed by atoms with Crippen LogP contribution in [0.25, 0.3) is 0 Å².